The molecule has 0 spiro atoms. The molecule has 2 aromatic rings. The van der Waals surface area contributed by atoms with Gasteiger partial charge >= 0.3 is 0 Å². The van der Waals surface area contributed by atoms with E-state index >= 15 is 0 Å². The highest BCUT2D eigenvalue weighted by Gasteiger charge is 2.08. The van der Waals surface area contributed by atoms with Crippen molar-refractivity contribution in [3.05, 3.63) is 58.7 Å². The zero-order chi connectivity index (χ0) is 16.1. The van der Waals surface area contributed by atoms with Crippen molar-refractivity contribution in [3.8, 4) is 5.75 Å². The molecule has 0 aromatic heterocycles. The van der Waals surface area contributed by atoms with Crippen LogP contribution in [-0.4, -0.2) is 12.5 Å². The minimum Gasteiger partial charge on any atom is -0.493 e. The van der Waals surface area contributed by atoms with Crippen LogP contribution in [0.4, 0.5) is 5.69 Å². The molecule has 0 heterocycles. The Bertz CT molecular complexity index is 654. The Balaban J connectivity index is 1.89. The molecular weight excluding hydrogens is 274 g/mol. The standard InChI is InChI=1S/C19H23NO2/c1-13-6-5-7-17(12-13)22-9-8-18(21)20-19-15(3)10-14(2)11-16(19)4/h5-7,10-12H,8-9H2,1-4H3,(H,20,21). The number of nitrogens with one attached hydrogen (secondary N) is 1. The summed E-state index contributed by atoms with van der Waals surface area (Å²) in [6.07, 6.45) is 0.334. The first-order valence-corrected chi connectivity index (χ1v) is 7.53. The van der Waals surface area contributed by atoms with Gasteiger partial charge in [0.1, 0.15) is 5.75 Å². The maximum atomic E-state index is 12.1. The number of hydrogen-bond donors (Lipinski definition) is 1. The summed E-state index contributed by atoms with van der Waals surface area (Å²) in [7, 11) is 0. The highest BCUT2D eigenvalue weighted by molar-refractivity contribution is 5.92. The highest BCUT2D eigenvalue weighted by Crippen LogP contribution is 2.22. The number of benzene rings is 2. The van der Waals surface area contributed by atoms with Crippen LogP contribution in [-0.2, 0) is 4.79 Å². The van der Waals surface area contributed by atoms with Crippen molar-refractivity contribution in [1.29, 1.82) is 0 Å². The largest absolute Gasteiger partial charge is 0.493 e. The van der Waals surface area contributed by atoms with Crippen molar-refractivity contribution in [2.45, 2.75) is 34.1 Å². The second kappa shape index (κ2) is 7.12. The van der Waals surface area contributed by atoms with E-state index in [9.17, 15) is 4.79 Å². The van der Waals surface area contributed by atoms with Crippen LogP contribution in [0.15, 0.2) is 36.4 Å². The second-order valence-corrected chi connectivity index (χ2v) is 5.74. The first kappa shape index (κ1) is 16.1. The first-order valence-electron chi connectivity index (χ1n) is 7.53. The lowest BCUT2D eigenvalue weighted by Gasteiger charge is -2.13. The Kier molecular flexibility index (Phi) is 5.21. The summed E-state index contributed by atoms with van der Waals surface area (Å²) in [5.74, 6) is 0.776. The van der Waals surface area contributed by atoms with E-state index in [1.807, 2.05) is 45.0 Å². The van der Waals surface area contributed by atoms with Gasteiger partial charge < -0.3 is 10.1 Å². The summed E-state index contributed by atoms with van der Waals surface area (Å²) >= 11 is 0. The van der Waals surface area contributed by atoms with E-state index in [0.717, 1.165) is 28.1 Å². The zero-order valence-electron chi connectivity index (χ0n) is 13.7. The van der Waals surface area contributed by atoms with Crippen molar-refractivity contribution in [3.63, 3.8) is 0 Å². The van der Waals surface area contributed by atoms with Crippen LogP contribution in [0.3, 0.4) is 0 Å². The van der Waals surface area contributed by atoms with Crippen LogP contribution in [0.2, 0.25) is 0 Å². The van der Waals surface area contributed by atoms with Crippen LogP contribution in [0.25, 0.3) is 0 Å². The third kappa shape index (κ3) is 4.35. The second-order valence-electron chi connectivity index (χ2n) is 5.74. The molecule has 0 atom stereocenters. The summed E-state index contributed by atoms with van der Waals surface area (Å²) in [6, 6.07) is 12.0. The molecular formula is C19H23NO2. The Morgan fingerprint density at radius 2 is 1.68 bits per heavy atom. The molecule has 2 aromatic carbocycles. The molecule has 0 aliphatic rings. The van der Waals surface area contributed by atoms with Gasteiger partial charge in [0.25, 0.3) is 0 Å². The maximum absolute atomic E-state index is 12.1. The molecule has 0 saturated carbocycles. The number of carbonyl (C=O) groups excluding carboxylic acids is 1. The van der Waals surface area contributed by atoms with E-state index < -0.39 is 0 Å². The molecule has 22 heavy (non-hydrogen) atoms. The van der Waals surface area contributed by atoms with Gasteiger partial charge in [-0.1, -0.05) is 29.8 Å². The quantitative estimate of drug-likeness (QED) is 0.892. The molecule has 0 saturated heterocycles. The van der Waals surface area contributed by atoms with E-state index in [1.54, 1.807) is 0 Å². The lowest BCUT2D eigenvalue weighted by Crippen LogP contribution is -2.16. The third-order valence-electron chi connectivity index (χ3n) is 3.53. The zero-order valence-corrected chi connectivity index (χ0v) is 13.7. The Labute approximate surface area is 132 Å². The molecule has 0 aliphatic heterocycles. The molecule has 0 unspecified atom stereocenters. The lowest BCUT2D eigenvalue weighted by molar-refractivity contribution is -0.116. The van der Waals surface area contributed by atoms with Crippen molar-refractivity contribution in [2.75, 3.05) is 11.9 Å². The normalized spacial score (nSPS) is 10.4. The molecule has 0 fully saturated rings. The minimum absolute atomic E-state index is 0.0253. The van der Waals surface area contributed by atoms with Crippen molar-refractivity contribution in [1.82, 2.24) is 0 Å². The number of rotatable bonds is 5. The molecule has 1 amide bonds. The van der Waals surface area contributed by atoms with Gasteiger partial charge in [-0.3, -0.25) is 4.79 Å². The maximum Gasteiger partial charge on any atom is 0.227 e. The molecule has 0 radical (unpaired) electrons. The fourth-order valence-corrected chi connectivity index (χ4v) is 2.55. The monoisotopic (exact) mass is 297 g/mol. The van der Waals surface area contributed by atoms with Crippen LogP contribution < -0.4 is 10.1 Å². The molecule has 0 aliphatic carbocycles. The van der Waals surface area contributed by atoms with Crippen LogP contribution >= 0.6 is 0 Å². The van der Waals surface area contributed by atoms with Gasteiger partial charge in [-0.2, -0.15) is 0 Å². The Morgan fingerprint density at radius 3 is 2.32 bits per heavy atom. The fourth-order valence-electron chi connectivity index (χ4n) is 2.55. The molecule has 3 heteroatoms. The average molecular weight is 297 g/mol. The summed E-state index contributed by atoms with van der Waals surface area (Å²) < 4.78 is 5.61. The van der Waals surface area contributed by atoms with Gasteiger partial charge in [-0.05, 0) is 56.5 Å². The summed E-state index contributed by atoms with van der Waals surface area (Å²) in [6.45, 7) is 8.47. The van der Waals surface area contributed by atoms with Gasteiger partial charge in [0, 0.05) is 5.69 Å². The molecule has 1 N–H and O–H groups in total. The van der Waals surface area contributed by atoms with E-state index in [4.69, 9.17) is 4.74 Å². The van der Waals surface area contributed by atoms with Crippen molar-refractivity contribution < 1.29 is 9.53 Å². The van der Waals surface area contributed by atoms with Gasteiger partial charge in [-0.15, -0.1) is 0 Å². The van der Waals surface area contributed by atoms with E-state index in [-0.39, 0.29) is 5.91 Å². The number of anilines is 1. The predicted octanol–water partition coefficient (Wildman–Crippen LogP) is 4.33. The minimum atomic E-state index is -0.0253. The smallest absolute Gasteiger partial charge is 0.227 e. The number of amides is 1. The van der Waals surface area contributed by atoms with E-state index in [1.165, 1.54) is 5.56 Å². The summed E-state index contributed by atoms with van der Waals surface area (Å²) in [4.78, 5) is 12.1. The number of ether oxygens (including phenoxy) is 1. The Morgan fingerprint density at radius 1 is 1.00 bits per heavy atom. The number of aryl methyl sites for hydroxylation is 4. The van der Waals surface area contributed by atoms with Gasteiger partial charge in [0.05, 0.1) is 13.0 Å². The third-order valence-corrected chi connectivity index (χ3v) is 3.53. The SMILES string of the molecule is Cc1cccc(OCCC(=O)Nc2c(C)cc(C)cc2C)c1. The predicted molar refractivity (Wildman–Crippen MR) is 90.6 cm³/mol. The van der Waals surface area contributed by atoms with Gasteiger partial charge in [0.15, 0.2) is 0 Å². The average Bonchev–Trinajstić information content (AvgIpc) is 2.43. The molecule has 3 nitrogen and oxygen atoms in total. The van der Waals surface area contributed by atoms with E-state index in [2.05, 4.69) is 24.4 Å². The fraction of sp³-hybridized carbons (Fsp3) is 0.316. The summed E-state index contributed by atoms with van der Waals surface area (Å²) in [5, 5.41) is 2.98. The van der Waals surface area contributed by atoms with Crippen molar-refractivity contribution in [2.24, 2.45) is 0 Å². The highest BCUT2D eigenvalue weighted by atomic mass is 16.5. The van der Waals surface area contributed by atoms with Crippen LogP contribution in [0.5, 0.6) is 5.75 Å². The topological polar surface area (TPSA) is 38.3 Å². The van der Waals surface area contributed by atoms with Crippen LogP contribution in [0, 0.1) is 27.7 Å². The van der Waals surface area contributed by atoms with Gasteiger partial charge in [0.2, 0.25) is 5.91 Å². The van der Waals surface area contributed by atoms with Crippen LogP contribution in [0.1, 0.15) is 28.7 Å². The van der Waals surface area contributed by atoms with E-state index in [0.29, 0.717) is 13.0 Å². The number of carbonyl (C=O) groups is 1. The Hall–Kier alpha value is -2.29. The summed E-state index contributed by atoms with van der Waals surface area (Å²) in [5.41, 5.74) is 5.44. The van der Waals surface area contributed by atoms with Crippen molar-refractivity contribution >= 4 is 11.6 Å². The molecule has 0 bridgehead atoms. The lowest BCUT2D eigenvalue weighted by atomic mass is 10.1. The molecule has 2 rings (SSSR count). The van der Waals surface area contributed by atoms with Gasteiger partial charge in [-0.25, -0.2) is 0 Å². The molecule has 116 valence electrons. The number of hydrogen-bond acceptors (Lipinski definition) is 2. The first-order chi connectivity index (χ1) is 10.5.